The lowest BCUT2D eigenvalue weighted by Crippen LogP contribution is -2.32. The Labute approximate surface area is 195 Å². The molecule has 0 saturated heterocycles. The van der Waals surface area contributed by atoms with Crippen LogP contribution in [0.3, 0.4) is 0 Å². The van der Waals surface area contributed by atoms with Crippen LogP contribution in [0, 0.1) is 0 Å². The lowest BCUT2D eigenvalue weighted by atomic mass is 10.2. The van der Waals surface area contributed by atoms with Crippen molar-refractivity contribution in [1.29, 1.82) is 0 Å². The molecular formula is C26H22N4O2S. The third kappa shape index (κ3) is 4.94. The molecule has 164 valence electrons. The normalized spacial score (nSPS) is 10.9. The largest absolute Gasteiger partial charge is 0.457 e. The van der Waals surface area contributed by atoms with Gasteiger partial charge in [-0.15, -0.1) is 0 Å². The molecule has 0 bridgehead atoms. The number of rotatable bonds is 8. The molecule has 2 heterocycles. The minimum atomic E-state index is -0.0989. The van der Waals surface area contributed by atoms with Crippen molar-refractivity contribution in [1.82, 2.24) is 14.5 Å². The molecule has 6 nitrogen and oxygen atoms in total. The number of hydrogen-bond donors (Lipinski definition) is 0. The lowest BCUT2D eigenvalue weighted by Gasteiger charge is -2.20. The summed E-state index contributed by atoms with van der Waals surface area (Å²) in [5.74, 6) is 1.25. The Hall–Kier alpha value is -3.97. The zero-order valence-corrected chi connectivity index (χ0v) is 18.7. The number of para-hydroxylation sites is 2. The standard InChI is InChI=1S/C26H22N4O2S/c31-25(20-8-6-11-22(18-20)32-21-9-2-1-3-10-21)30(16-7-15-29-17-14-27-19-29)26-28-23-12-4-5-13-24(23)33-26/h1-6,8-14,17-19H,7,15-16H2. The molecule has 0 spiro atoms. The van der Waals surface area contributed by atoms with Gasteiger partial charge in [0.25, 0.3) is 5.91 Å². The Morgan fingerprint density at radius 2 is 1.79 bits per heavy atom. The number of ether oxygens (including phenoxy) is 1. The van der Waals surface area contributed by atoms with E-state index in [4.69, 9.17) is 9.72 Å². The summed E-state index contributed by atoms with van der Waals surface area (Å²) in [6, 6.07) is 24.8. The van der Waals surface area contributed by atoms with E-state index in [1.165, 1.54) is 11.3 Å². The number of carbonyl (C=O) groups excluding carboxylic acids is 1. The Balaban J connectivity index is 1.41. The number of carbonyl (C=O) groups is 1. The van der Waals surface area contributed by atoms with Crippen molar-refractivity contribution < 1.29 is 9.53 Å². The number of thiazole rings is 1. The van der Waals surface area contributed by atoms with Gasteiger partial charge >= 0.3 is 0 Å². The predicted octanol–water partition coefficient (Wildman–Crippen LogP) is 6.02. The Morgan fingerprint density at radius 1 is 0.970 bits per heavy atom. The van der Waals surface area contributed by atoms with Crippen molar-refractivity contribution in [3.05, 3.63) is 103 Å². The minimum absolute atomic E-state index is 0.0989. The van der Waals surface area contributed by atoms with Crippen molar-refractivity contribution in [3.63, 3.8) is 0 Å². The van der Waals surface area contributed by atoms with Crippen molar-refractivity contribution >= 4 is 32.6 Å². The van der Waals surface area contributed by atoms with Crippen LogP contribution in [0.15, 0.2) is 97.6 Å². The maximum Gasteiger partial charge on any atom is 0.260 e. The summed E-state index contributed by atoms with van der Waals surface area (Å²) in [7, 11) is 0. The van der Waals surface area contributed by atoms with Crippen LogP contribution >= 0.6 is 11.3 Å². The summed E-state index contributed by atoms with van der Waals surface area (Å²) < 4.78 is 9.00. The highest BCUT2D eigenvalue weighted by atomic mass is 32.1. The second kappa shape index (κ2) is 9.67. The van der Waals surface area contributed by atoms with Crippen LogP contribution < -0.4 is 9.64 Å². The third-order valence-corrected chi connectivity index (χ3v) is 6.24. The van der Waals surface area contributed by atoms with E-state index >= 15 is 0 Å². The first-order chi connectivity index (χ1) is 16.3. The van der Waals surface area contributed by atoms with Gasteiger partial charge in [0, 0.05) is 31.0 Å². The van der Waals surface area contributed by atoms with E-state index in [0.29, 0.717) is 23.0 Å². The van der Waals surface area contributed by atoms with Crippen molar-refractivity contribution in [2.24, 2.45) is 0 Å². The van der Waals surface area contributed by atoms with Gasteiger partial charge in [-0.25, -0.2) is 9.97 Å². The summed E-state index contributed by atoms with van der Waals surface area (Å²) in [6.45, 7) is 1.31. The van der Waals surface area contributed by atoms with Crippen LogP contribution in [0.1, 0.15) is 16.8 Å². The predicted molar refractivity (Wildman–Crippen MR) is 131 cm³/mol. The fourth-order valence-corrected chi connectivity index (χ4v) is 4.55. The van der Waals surface area contributed by atoms with Gasteiger partial charge in [0.2, 0.25) is 0 Å². The zero-order valence-electron chi connectivity index (χ0n) is 17.9. The van der Waals surface area contributed by atoms with E-state index < -0.39 is 0 Å². The molecule has 0 atom stereocenters. The number of amides is 1. The van der Waals surface area contributed by atoms with Crippen molar-refractivity contribution in [2.75, 3.05) is 11.4 Å². The molecule has 0 fully saturated rings. The highest BCUT2D eigenvalue weighted by molar-refractivity contribution is 7.22. The van der Waals surface area contributed by atoms with Gasteiger partial charge < -0.3 is 9.30 Å². The minimum Gasteiger partial charge on any atom is -0.457 e. The number of hydrogen-bond acceptors (Lipinski definition) is 5. The second-order valence-electron chi connectivity index (χ2n) is 7.52. The second-order valence-corrected chi connectivity index (χ2v) is 8.53. The van der Waals surface area contributed by atoms with E-state index in [2.05, 4.69) is 4.98 Å². The molecule has 0 unspecified atom stereocenters. The van der Waals surface area contributed by atoms with Crippen LogP contribution in [0.5, 0.6) is 11.5 Å². The van der Waals surface area contributed by atoms with Gasteiger partial charge in [-0.3, -0.25) is 9.69 Å². The van der Waals surface area contributed by atoms with Gasteiger partial charge in [0.15, 0.2) is 5.13 Å². The number of nitrogens with zero attached hydrogens (tertiary/aromatic N) is 4. The van der Waals surface area contributed by atoms with Gasteiger partial charge in [-0.05, 0) is 48.9 Å². The molecule has 7 heteroatoms. The summed E-state index contributed by atoms with van der Waals surface area (Å²) in [5.41, 5.74) is 1.45. The number of anilines is 1. The first-order valence-electron chi connectivity index (χ1n) is 10.7. The molecular weight excluding hydrogens is 432 g/mol. The summed E-state index contributed by atoms with van der Waals surface area (Å²) >= 11 is 1.53. The maximum absolute atomic E-state index is 13.6. The molecule has 2 aromatic heterocycles. The summed E-state index contributed by atoms with van der Waals surface area (Å²) in [4.78, 5) is 24.2. The Bertz CT molecular complexity index is 1320. The van der Waals surface area contributed by atoms with E-state index in [1.807, 2.05) is 83.6 Å². The number of aromatic nitrogens is 3. The molecule has 0 aliphatic heterocycles. The van der Waals surface area contributed by atoms with E-state index in [0.717, 1.165) is 28.9 Å². The smallest absolute Gasteiger partial charge is 0.260 e. The molecule has 33 heavy (non-hydrogen) atoms. The van der Waals surface area contributed by atoms with E-state index in [-0.39, 0.29) is 5.91 Å². The number of fused-ring (bicyclic) bond motifs is 1. The average Bonchev–Trinajstić information content (AvgIpc) is 3.52. The topological polar surface area (TPSA) is 60.2 Å². The lowest BCUT2D eigenvalue weighted by molar-refractivity contribution is 0.0986. The van der Waals surface area contributed by atoms with Crippen LogP contribution in [0.25, 0.3) is 10.2 Å². The van der Waals surface area contributed by atoms with Gasteiger partial charge in [-0.2, -0.15) is 0 Å². The van der Waals surface area contributed by atoms with Crippen LogP contribution in [0.4, 0.5) is 5.13 Å². The third-order valence-electron chi connectivity index (χ3n) is 5.18. The van der Waals surface area contributed by atoms with Gasteiger partial charge in [0.05, 0.1) is 16.5 Å². The highest BCUT2D eigenvalue weighted by Gasteiger charge is 2.21. The van der Waals surface area contributed by atoms with E-state index in [1.54, 1.807) is 23.5 Å². The first-order valence-corrected chi connectivity index (χ1v) is 11.5. The molecule has 0 N–H and O–H groups in total. The number of aryl methyl sites for hydroxylation is 1. The van der Waals surface area contributed by atoms with Crippen molar-refractivity contribution in [2.45, 2.75) is 13.0 Å². The molecule has 5 rings (SSSR count). The highest BCUT2D eigenvalue weighted by Crippen LogP contribution is 2.30. The molecule has 1 amide bonds. The monoisotopic (exact) mass is 454 g/mol. The Morgan fingerprint density at radius 3 is 2.61 bits per heavy atom. The van der Waals surface area contributed by atoms with Crippen LogP contribution in [0.2, 0.25) is 0 Å². The van der Waals surface area contributed by atoms with Gasteiger partial charge in [-0.1, -0.05) is 47.7 Å². The zero-order chi connectivity index (χ0) is 22.5. The fourth-order valence-electron chi connectivity index (χ4n) is 3.56. The Kier molecular flexibility index (Phi) is 6.12. The molecule has 0 aliphatic rings. The molecule has 0 radical (unpaired) electrons. The molecule has 0 aliphatic carbocycles. The molecule has 3 aromatic carbocycles. The SMILES string of the molecule is O=C(c1cccc(Oc2ccccc2)c1)N(CCCn1ccnc1)c1nc2ccccc2s1. The summed E-state index contributed by atoms with van der Waals surface area (Å²) in [5, 5.41) is 0.696. The van der Waals surface area contributed by atoms with Gasteiger partial charge in [0.1, 0.15) is 11.5 Å². The van der Waals surface area contributed by atoms with E-state index in [9.17, 15) is 4.79 Å². The maximum atomic E-state index is 13.6. The number of imidazole rings is 1. The number of benzene rings is 3. The van der Waals surface area contributed by atoms with Crippen molar-refractivity contribution in [3.8, 4) is 11.5 Å². The molecule has 5 aromatic rings. The van der Waals surface area contributed by atoms with Crippen LogP contribution in [-0.2, 0) is 6.54 Å². The first kappa shape index (κ1) is 20.9. The fraction of sp³-hybridized carbons (Fsp3) is 0.115. The summed E-state index contributed by atoms with van der Waals surface area (Å²) in [6.07, 6.45) is 6.25. The quantitative estimate of drug-likeness (QED) is 0.288. The van der Waals surface area contributed by atoms with Crippen LogP contribution in [-0.4, -0.2) is 27.0 Å². The molecule has 0 saturated carbocycles. The average molecular weight is 455 g/mol.